The lowest BCUT2D eigenvalue weighted by Gasteiger charge is -2.29. The molecule has 1 fully saturated rings. The van der Waals surface area contributed by atoms with Crippen molar-refractivity contribution in [1.29, 1.82) is 0 Å². The molecule has 0 aliphatic carbocycles. The zero-order valence-corrected chi connectivity index (χ0v) is 15.0. The van der Waals surface area contributed by atoms with Crippen LogP contribution in [-0.4, -0.2) is 35.4 Å². The summed E-state index contributed by atoms with van der Waals surface area (Å²) in [5.74, 6) is -0.254. The lowest BCUT2D eigenvalue weighted by molar-refractivity contribution is -0.384. The van der Waals surface area contributed by atoms with Crippen LogP contribution in [0.4, 0.5) is 5.69 Å². The van der Waals surface area contributed by atoms with Gasteiger partial charge in [-0.3, -0.25) is 19.8 Å². The van der Waals surface area contributed by atoms with Crippen molar-refractivity contribution in [3.63, 3.8) is 0 Å². The monoisotopic (exact) mass is 373 g/mol. The van der Waals surface area contributed by atoms with E-state index in [0.29, 0.717) is 17.1 Å². The molecule has 6 nitrogen and oxygen atoms in total. The Morgan fingerprint density at radius 3 is 2.42 bits per heavy atom. The number of hydrogen-bond donors (Lipinski definition) is 1. The number of likely N-dealkylation sites (tertiary alicyclic amines) is 1. The van der Waals surface area contributed by atoms with Gasteiger partial charge in [0.15, 0.2) is 0 Å². The Bertz CT molecular complexity index is 789. The fourth-order valence-electron chi connectivity index (χ4n) is 3.26. The molecule has 1 N–H and O–H groups in total. The quantitative estimate of drug-likeness (QED) is 0.617. The topological polar surface area (TPSA) is 75.5 Å². The van der Waals surface area contributed by atoms with Crippen molar-refractivity contribution >= 4 is 23.2 Å². The number of rotatable bonds is 6. The van der Waals surface area contributed by atoms with Gasteiger partial charge in [-0.1, -0.05) is 29.8 Å². The molecular weight excluding hydrogens is 354 g/mol. The van der Waals surface area contributed by atoms with Crippen molar-refractivity contribution in [3.8, 4) is 0 Å². The number of carbonyl (C=O) groups is 1. The summed E-state index contributed by atoms with van der Waals surface area (Å²) in [6, 6.07) is 13.3. The number of hydrogen-bond acceptors (Lipinski definition) is 4. The second-order valence-electron chi connectivity index (χ2n) is 6.29. The van der Waals surface area contributed by atoms with Gasteiger partial charge >= 0.3 is 0 Å². The standard InChI is InChI=1S/C19H20ClN3O3/c20-17-6-2-1-5-16(17)18(22-11-3-4-12-22)13-21-19(24)14-7-9-15(10-8-14)23(25)26/h1-2,5-10,18H,3-4,11-13H2,(H,21,24)/t18-/m1/s1. The van der Waals surface area contributed by atoms with Gasteiger partial charge in [0.25, 0.3) is 11.6 Å². The van der Waals surface area contributed by atoms with Crippen molar-refractivity contribution < 1.29 is 9.72 Å². The molecule has 0 aromatic heterocycles. The smallest absolute Gasteiger partial charge is 0.269 e. The first kappa shape index (κ1) is 18.4. The Morgan fingerprint density at radius 2 is 1.81 bits per heavy atom. The highest BCUT2D eigenvalue weighted by Crippen LogP contribution is 2.29. The van der Waals surface area contributed by atoms with Crippen molar-refractivity contribution in [3.05, 3.63) is 74.8 Å². The van der Waals surface area contributed by atoms with Gasteiger partial charge in [-0.2, -0.15) is 0 Å². The van der Waals surface area contributed by atoms with E-state index in [1.165, 1.54) is 24.3 Å². The Labute approximate surface area is 156 Å². The Kier molecular flexibility index (Phi) is 5.85. The van der Waals surface area contributed by atoms with Crippen LogP contribution < -0.4 is 5.32 Å². The molecule has 0 bridgehead atoms. The van der Waals surface area contributed by atoms with E-state index in [2.05, 4.69) is 10.2 Å². The fourth-order valence-corrected chi connectivity index (χ4v) is 3.52. The zero-order chi connectivity index (χ0) is 18.5. The predicted molar refractivity (Wildman–Crippen MR) is 100 cm³/mol. The van der Waals surface area contributed by atoms with Crippen LogP contribution in [-0.2, 0) is 0 Å². The average Bonchev–Trinajstić information content (AvgIpc) is 3.17. The van der Waals surface area contributed by atoms with Crippen molar-refractivity contribution in [1.82, 2.24) is 10.2 Å². The fraction of sp³-hybridized carbons (Fsp3) is 0.316. The first-order valence-corrected chi connectivity index (χ1v) is 8.95. The molecule has 3 rings (SSSR count). The summed E-state index contributed by atoms with van der Waals surface area (Å²) in [6.07, 6.45) is 2.27. The van der Waals surface area contributed by atoms with Gasteiger partial charge < -0.3 is 5.32 Å². The van der Waals surface area contributed by atoms with E-state index in [1.54, 1.807) is 0 Å². The van der Waals surface area contributed by atoms with Gasteiger partial charge in [0.1, 0.15) is 0 Å². The molecule has 1 aliphatic rings. The van der Waals surface area contributed by atoms with Gasteiger partial charge in [-0.25, -0.2) is 0 Å². The Balaban J connectivity index is 1.72. The number of nitrogens with zero attached hydrogens (tertiary/aromatic N) is 2. The molecule has 2 aromatic rings. The van der Waals surface area contributed by atoms with Gasteiger partial charge in [0.05, 0.1) is 11.0 Å². The Hall–Kier alpha value is -2.44. The third-order valence-electron chi connectivity index (χ3n) is 4.64. The van der Waals surface area contributed by atoms with Crippen molar-refractivity contribution in [2.45, 2.75) is 18.9 Å². The van der Waals surface area contributed by atoms with Gasteiger partial charge in [-0.05, 0) is 49.7 Å². The SMILES string of the molecule is O=C(NC[C@H](c1ccccc1Cl)N1CCCC1)c1ccc([N+](=O)[O-])cc1. The second kappa shape index (κ2) is 8.29. The summed E-state index contributed by atoms with van der Waals surface area (Å²) < 4.78 is 0. The highest BCUT2D eigenvalue weighted by Gasteiger charge is 2.25. The normalized spacial score (nSPS) is 15.6. The molecule has 0 saturated carbocycles. The summed E-state index contributed by atoms with van der Waals surface area (Å²) in [6.45, 7) is 2.38. The van der Waals surface area contributed by atoms with Gasteiger partial charge in [0, 0.05) is 29.3 Å². The summed E-state index contributed by atoms with van der Waals surface area (Å²) in [5, 5.41) is 14.3. The number of nitro benzene ring substituents is 1. The molecule has 1 amide bonds. The number of benzene rings is 2. The average molecular weight is 374 g/mol. The maximum absolute atomic E-state index is 12.4. The second-order valence-corrected chi connectivity index (χ2v) is 6.70. The third kappa shape index (κ3) is 4.20. The van der Waals surface area contributed by atoms with Crippen LogP contribution in [0.15, 0.2) is 48.5 Å². The minimum atomic E-state index is -0.484. The van der Waals surface area contributed by atoms with Gasteiger partial charge in [0.2, 0.25) is 0 Å². The molecule has 0 radical (unpaired) electrons. The molecule has 0 unspecified atom stereocenters. The number of amides is 1. The summed E-state index contributed by atoms with van der Waals surface area (Å²) in [5.41, 5.74) is 1.36. The van der Waals surface area contributed by atoms with E-state index in [4.69, 9.17) is 11.6 Å². The Morgan fingerprint density at radius 1 is 1.15 bits per heavy atom. The molecular formula is C19H20ClN3O3. The summed E-state index contributed by atoms with van der Waals surface area (Å²) in [7, 11) is 0. The van der Waals surface area contributed by atoms with Crippen LogP contribution in [0.1, 0.15) is 34.8 Å². The zero-order valence-electron chi connectivity index (χ0n) is 14.2. The number of nitrogens with one attached hydrogen (secondary N) is 1. The van der Waals surface area contributed by atoms with Gasteiger partial charge in [-0.15, -0.1) is 0 Å². The largest absolute Gasteiger partial charge is 0.350 e. The molecule has 136 valence electrons. The first-order chi connectivity index (χ1) is 12.6. The van der Waals surface area contributed by atoms with Crippen LogP contribution in [0, 0.1) is 10.1 Å². The molecule has 0 spiro atoms. The van der Waals surface area contributed by atoms with E-state index in [-0.39, 0.29) is 17.6 Å². The number of nitro groups is 1. The van der Waals surface area contributed by atoms with Crippen LogP contribution in [0.2, 0.25) is 5.02 Å². The maximum atomic E-state index is 12.4. The first-order valence-electron chi connectivity index (χ1n) is 8.57. The number of carbonyl (C=O) groups excluding carboxylic acids is 1. The van der Waals surface area contributed by atoms with Crippen LogP contribution in [0.3, 0.4) is 0 Å². The molecule has 26 heavy (non-hydrogen) atoms. The van der Waals surface area contributed by atoms with Crippen molar-refractivity contribution in [2.75, 3.05) is 19.6 Å². The molecule has 1 heterocycles. The van der Waals surface area contributed by atoms with E-state index < -0.39 is 4.92 Å². The summed E-state index contributed by atoms with van der Waals surface area (Å²) in [4.78, 5) is 25.0. The third-order valence-corrected chi connectivity index (χ3v) is 4.99. The molecule has 1 saturated heterocycles. The minimum Gasteiger partial charge on any atom is -0.350 e. The van der Waals surface area contributed by atoms with Crippen LogP contribution >= 0.6 is 11.6 Å². The highest BCUT2D eigenvalue weighted by molar-refractivity contribution is 6.31. The van der Waals surface area contributed by atoms with E-state index in [9.17, 15) is 14.9 Å². The lowest BCUT2D eigenvalue weighted by atomic mass is 10.0. The number of halogens is 1. The molecule has 2 aromatic carbocycles. The van der Waals surface area contributed by atoms with Crippen LogP contribution in [0.25, 0.3) is 0 Å². The summed E-state index contributed by atoms with van der Waals surface area (Å²) >= 11 is 6.37. The van der Waals surface area contributed by atoms with E-state index >= 15 is 0 Å². The lowest BCUT2D eigenvalue weighted by Crippen LogP contribution is -2.37. The van der Waals surface area contributed by atoms with Crippen LogP contribution in [0.5, 0.6) is 0 Å². The predicted octanol–water partition coefficient (Wildman–Crippen LogP) is 3.82. The molecule has 1 atom stereocenters. The van der Waals surface area contributed by atoms with E-state index in [1.807, 2.05) is 24.3 Å². The van der Waals surface area contributed by atoms with E-state index in [0.717, 1.165) is 31.5 Å². The maximum Gasteiger partial charge on any atom is 0.269 e. The van der Waals surface area contributed by atoms with Crippen molar-refractivity contribution in [2.24, 2.45) is 0 Å². The molecule has 1 aliphatic heterocycles. The minimum absolute atomic E-state index is 0.00759. The highest BCUT2D eigenvalue weighted by atomic mass is 35.5. The number of non-ortho nitro benzene ring substituents is 1. The molecule has 7 heteroatoms.